The minimum Gasteiger partial charge on any atom is -0.309 e. The zero-order chi connectivity index (χ0) is 26.2. The standard InChI is InChI=1S/C28H33F2N7/c1-5-28(4)18(3)33-26-21(28)13-20(14-22(26)29)25-23(30)16-32-27(35-25)34-24-8-7-19(15-31-24)17-37-11-9-36(6-2)10-12-37/h7-8,13-16H,5-6,9-12,17H2,1-4H3,(H,31,32,34,35). The summed E-state index contributed by atoms with van der Waals surface area (Å²) < 4.78 is 29.8. The molecule has 7 nitrogen and oxygen atoms in total. The molecule has 1 aromatic carbocycles. The first-order chi connectivity index (χ1) is 17.8. The molecule has 2 aliphatic heterocycles. The van der Waals surface area contributed by atoms with E-state index in [2.05, 4.69) is 42.0 Å². The van der Waals surface area contributed by atoms with Gasteiger partial charge in [0.2, 0.25) is 5.95 Å². The number of aromatic nitrogens is 3. The predicted molar refractivity (Wildman–Crippen MR) is 143 cm³/mol. The molecule has 37 heavy (non-hydrogen) atoms. The Morgan fingerprint density at radius 2 is 1.73 bits per heavy atom. The molecule has 1 saturated heterocycles. The third kappa shape index (κ3) is 4.98. The minimum atomic E-state index is -0.620. The Hall–Kier alpha value is -3.30. The number of hydrogen-bond acceptors (Lipinski definition) is 7. The molecule has 194 valence electrons. The van der Waals surface area contributed by atoms with Crippen LogP contribution in [0.4, 0.5) is 26.2 Å². The van der Waals surface area contributed by atoms with E-state index in [0.29, 0.717) is 17.1 Å². The van der Waals surface area contributed by atoms with Crippen molar-refractivity contribution in [3.05, 3.63) is 59.4 Å². The number of rotatable bonds is 7. The molecule has 4 heterocycles. The van der Waals surface area contributed by atoms with E-state index < -0.39 is 17.0 Å². The van der Waals surface area contributed by atoms with Gasteiger partial charge >= 0.3 is 0 Å². The van der Waals surface area contributed by atoms with Crippen LogP contribution in [0.3, 0.4) is 0 Å². The zero-order valence-electron chi connectivity index (χ0n) is 21.9. The Labute approximate surface area is 216 Å². The second kappa shape index (κ2) is 10.2. The summed E-state index contributed by atoms with van der Waals surface area (Å²) >= 11 is 0. The Morgan fingerprint density at radius 3 is 2.41 bits per heavy atom. The van der Waals surface area contributed by atoms with Gasteiger partial charge in [0.15, 0.2) is 5.82 Å². The summed E-state index contributed by atoms with van der Waals surface area (Å²) in [5, 5.41) is 3.05. The normalized spacial score (nSPS) is 20.1. The fourth-order valence-electron chi connectivity index (χ4n) is 5.06. The van der Waals surface area contributed by atoms with Gasteiger partial charge in [-0.25, -0.2) is 23.7 Å². The lowest BCUT2D eigenvalue weighted by atomic mass is 9.77. The van der Waals surface area contributed by atoms with Crippen LogP contribution < -0.4 is 5.32 Å². The average Bonchev–Trinajstić information content (AvgIpc) is 3.17. The maximum absolute atomic E-state index is 15.0. The van der Waals surface area contributed by atoms with Crippen LogP contribution in [0.2, 0.25) is 0 Å². The molecule has 0 spiro atoms. The first-order valence-corrected chi connectivity index (χ1v) is 12.9. The second-order valence-corrected chi connectivity index (χ2v) is 10.0. The number of halogens is 2. The summed E-state index contributed by atoms with van der Waals surface area (Å²) in [6.07, 6.45) is 3.69. The lowest BCUT2D eigenvalue weighted by molar-refractivity contribution is 0.132. The summed E-state index contributed by atoms with van der Waals surface area (Å²) in [5.41, 5.74) is 3.05. The van der Waals surface area contributed by atoms with Crippen molar-refractivity contribution in [3.63, 3.8) is 0 Å². The van der Waals surface area contributed by atoms with Crippen LogP contribution in [-0.4, -0.2) is 63.2 Å². The summed E-state index contributed by atoms with van der Waals surface area (Å²) in [7, 11) is 0. The van der Waals surface area contributed by atoms with Crippen molar-refractivity contribution >= 4 is 23.2 Å². The number of pyridine rings is 1. The number of nitrogens with one attached hydrogen (secondary N) is 1. The van der Waals surface area contributed by atoms with Gasteiger partial charge in [-0.1, -0.05) is 26.8 Å². The molecule has 2 aliphatic rings. The number of fused-ring (bicyclic) bond motifs is 1. The van der Waals surface area contributed by atoms with E-state index in [1.54, 1.807) is 6.07 Å². The SMILES string of the molecule is CCN1CCN(Cc2ccc(Nc3ncc(F)c(-c4cc(F)c5c(c4)C(C)(CC)C(C)=N5)n3)nc2)CC1. The van der Waals surface area contributed by atoms with Gasteiger partial charge in [0.05, 0.1) is 6.20 Å². The Morgan fingerprint density at radius 1 is 0.973 bits per heavy atom. The van der Waals surface area contributed by atoms with E-state index in [9.17, 15) is 4.39 Å². The highest BCUT2D eigenvalue weighted by molar-refractivity contribution is 6.00. The molecular formula is C28H33F2N7. The van der Waals surface area contributed by atoms with E-state index in [1.807, 2.05) is 39.1 Å². The van der Waals surface area contributed by atoms with Gasteiger partial charge in [0, 0.05) is 55.6 Å². The van der Waals surface area contributed by atoms with Gasteiger partial charge in [-0.05, 0) is 49.2 Å². The Balaban J connectivity index is 1.33. The molecule has 9 heteroatoms. The Bertz CT molecular complexity index is 1320. The molecule has 5 rings (SSSR count). The monoisotopic (exact) mass is 505 g/mol. The first kappa shape index (κ1) is 25.4. The minimum absolute atomic E-state index is 0.0325. The van der Waals surface area contributed by atoms with Gasteiger partial charge < -0.3 is 10.2 Å². The number of likely N-dealkylation sites (N-methyl/N-ethyl adjacent to an activating group) is 1. The maximum Gasteiger partial charge on any atom is 0.229 e. The molecule has 1 atom stereocenters. The molecule has 2 aromatic heterocycles. The van der Waals surface area contributed by atoms with Crippen LogP contribution in [0.5, 0.6) is 0 Å². The number of piperazine rings is 1. The van der Waals surface area contributed by atoms with Crippen molar-refractivity contribution in [2.45, 2.75) is 46.1 Å². The zero-order valence-corrected chi connectivity index (χ0v) is 21.9. The maximum atomic E-state index is 15.0. The second-order valence-electron chi connectivity index (χ2n) is 10.0. The van der Waals surface area contributed by atoms with Gasteiger partial charge in [0.1, 0.15) is 23.0 Å². The van der Waals surface area contributed by atoms with Crippen LogP contribution in [-0.2, 0) is 12.0 Å². The summed E-state index contributed by atoms with van der Waals surface area (Å²) in [4.78, 5) is 22.3. The number of hydrogen-bond donors (Lipinski definition) is 1. The lowest BCUT2D eigenvalue weighted by Crippen LogP contribution is -2.45. The molecule has 1 unspecified atom stereocenters. The Kier molecular flexibility index (Phi) is 7.00. The van der Waals surface area contributed by atoms with E-state index in [1.165, 1.54) is 6.07 Å². The number of anilines is 2. The molecule has 0 aliphatic carbocycles. The van der Waals surface area contributed by atoms with E-state index in [0.717, 1.165) is 68.7 Å². The quantitative estimate of drug-likeness (QED) is 0.459. The van der Waals surface area contributed by atoms with Gasteiger partial charge in [-0.2, -0.15) is 0 Å². The van der Waals surface area contributed by atoms with Crippen LogP contribution in [0.25, 0.3) is 11.3 Å². The van der Waals surface area contributed by atoms with Crippen LogP contribution in [0.1, 0.15) is 45.2 Å². The van der Waals surface area contributed by atoms with E-state index in [-0.39, 0.29) is 11.6 Å². The summed E-state index contributed by atoms with van der Waals surface area (Å²) in [6.45, 7) is 14.4. The van der Waals surface area contributed by atoms with E-state index in [4.69, 9.17) is 0 Å². The molecule has 0 bridgehead atoms. The number of aliphatic imine (C=N–C) groups is 1. The predicted octanol–water partition coefficient (Wildman–Crippen LogP) is 5.47. The molecule has 1 fully saturated rings. The van der Waals surface area contributed by atoms with Crippen LogP contribution in [0, 0.1) is 11.6 Å². The van der Waals surface area contributed by atoms with Gasteiger partial charge in [-0.3, -0.25) is 9.89 Å². The first-order valence-electron chi connectivity index (χ1n) is 12.9. The highest BCUT2D eigenvalue weighted by Crippen LogP contribution is 2.45. The molecule has 1 N–H and O–H groups in total. The van der Waals surface area contributed by atoms with Crippen molar-refractivity contribution in [1.82, 2.24) is 24.8 Å². The number of benzene rings is 1. The molecule has 0 radical (unpaired) electrons. The van der Waals surface area contributed by atoms with Crippen molar-refractivity contribution in [3.8, 4) is 11.3 Å². The fraction of sp³-hybridized carbons (Fsp3) is 0.429. The molecule has 0 amide bonds. The smallest absolute Gasteiger partial charge is 0.229 e. The molecule has 3 aromatic rings. The van der Waals surface area contributed by atoms with E-state index >= 15 is 4.39 Å². The third-order valence-electron chi connectivity index (χ3n) is 7.84. The third-order valence-corrected chi connectivity index (χ3v) is 7.84. The van der Waals surface area contributed by atoms with Crippen LogP contribution >= 0.6 is 0 Å². The van der Waals surface area contributed by atoms with Crippen molar-refractivity contribution in [2.24, 2.45) is 4.99 Å². The van der Waals surface area contributed by atoms with Gasteiger partial charge in [-0.15, -0.1) is 0 Å². The average molecular weight is 506 g/mol. The molecular weight excluding hydrogens is 472 g/mol. The van der Waals surface area contributed by atoms with Crippen LogP contribution in [0.15, 0.2) is 41.7 Å². The summed E-state index contributed by atoms with van der Waals surface area (Å²) in [6, 6.07) is 6.98. The van der Waals surface area contributed by atoms with Crippen molar-refractivity contribution in [1.29, 1.82) is 0 Å². The topological polar surface area (TPSA) is 69.5 Å². The highest BCUT2D eigenvalue weighted by atomic mass is 19.1. The lowest BCUT2D eigenvalue weighted by Gasteiger charge is -2.33. The van der Waals surface area contributed by atoms with Crippen molar-refractivity contribution < 1.29 is 8.78 Å². The largest absolute Gasteiger partial charge is 0.309 e. The fourth-order valence-corrected chi connectivity index (χ4v) is 5.06. The molecule has 0 saturated carbocycles. The van der Waals surface area contributed by atoms with Crippen molar-refractivity contribution in [2.75, 3.05) is 38.0 Å². The number of nitrogens with zero attached hydrogens (tertiary/aromatic N) is 6. The summed E-state index contributed by atoms with van der Waals surface area (Å²) in [5.74, 6) is -0.353. The van der Waals surface area contributed by atoms with Gasteiger partial charge in [0.25, 0.3) is 0 Å². The highest BCUT2D eigenvalue weighted by Gasteiger charge is 2.37.